The van der Waals surface area contributed by atoms with Gasteiger partial charge in [0, 0.05) is 31.0 Å². The molecule has 1 atom stereocenters. The van der Waals surface area contributed by atoms with Gasteiger partial charge in [-0.05, 0) is 37.5 Å². The van der Waals surface area contributed by atoms with Gasteiger partial charge in [0.15, 0.2) is 0 Å². The fraction of sp³-hybridized carbons (Fsp3) is 0.273. The highest BCUT2D eigenvalue weighted by Gasteiger charge is 2.30. The van der Waals surface area contributed by atoms with Gasteiger partial charge in [0.2, 0.25) is 6.10 Å². The van der Waals surface area contributed by atoms with E-state index in [9.17, 15) is 9.59 Å². The average Bonchev–Trinajstić information content (AvgIpc) is 2.77. The first-order chi connectivity index (χ1) is 13.7. The summed E-state index contributed by atoms with van der Waals surface area (Å²) in [6.45, 7) is 1.40. The van der Waals surface area contributed by atoms with Gasteiger partial charge in [0.25, 0.3) is 5.91 Å². The maximum Gasteiger partial charge on any atom is 0.339 e. The number of piperidine rings is 1. The van der Waals surface area contributed by atoms with E-state index in [0.29, 0.717) is 35.2 Å². The predicted molar refractivity (Wildman–Crippen MR) is 105 cm³/mol. The van der Waals surface area contributed by atoms with Crippen LogP contribution in [0.2, 0.25) is 0 Å². The van der Waals surface area contributed by atoms with E-state index in [4.69, 9.17) is 4.74 Å². The summed E-state index contributed by atoms with van der Waals surface area (Å²) in [6, 6.07) is 14.2. The van der Waals surface area contributed by atoms with Crippen LogP contribution >= 0.6 is 0 Å². The van der Waals surface area contributed by atoms with Crippen LogP contribution in [0.25, 0.3) is 11.0 Å². The quantitative estimate of drug-likeness (QED) is 0.652. The molecule has 0 spiro atoms. The van der Waals surface area contributed by atoms with E-state index in [-0.39, 0.29) is 5.91 Å². The number of aromatic nitrogens is 2. The Morgan fingerprint density at radius 2 is 1.61 bits per heavy atom. The SMILES string of the molecule is O=C(O[C@H](C(=O)N1CCCCC1)c1ccccc1)c1ccc2nccnc2c1. The van der Waals surface area contributed by atoms with Gasteiger partial charge in [0.1, 0.15) is 0 Å². The second-order valence-electron chi connectivity index (χ2n) is 6.84. The molecule has 1 aromatic heterocycles. The molecule has 0 saturated carbocycles. The number of ether oxygens (including phenoxy) is 1. The average molecular weight is 375 g/mol. The Morgan fingerprint density at radius 3 is 2.36 bits per heavy atom. The number of esters is 1. The molecule has 2 heterocycles. The predicted octanol–water partition coefficient (Wildman–Crippen LogP) is 3.54. The molecule has 0 N–H and O–H groups in total. The molecule has 0 radical (unpaired) electrons. The smallest absolute Gasteiger partial charge is 0.339 e. The third-order valence-corrected chi connectivity index (χ3v) is 4.92. The van der Waals surface area contributed by atoms with Crippen LogP contribution in [0.1, 0.15) is 41.3 Å². The molecular formula is C22H21N3O3. The molecule has 28 heavy (non-hydrogen) atoms. The van der Waals surface area contributed by atoms with Crippen molar-refractivity contribution in [2.45, 2.75) is 25.4 Å². The first-order valence-electron chi connectivity index (χ1n) is 9.48. The zero-order valence-electron chi connectivity index (χ0n) is 15.5. The van der Waals surface area contributed by atoms with E-state index in [2.05, 4.69) is 9.97 Å². The highest BCUT2D eigenvalue weighted by molar-refractivity contribution is 5.95. The molecule has 2 aromatic carbocycles. The minimum absolute atomic E-state index is 0.167. The van der Waals surface area contributed by atoms with Gasteiger partial charge in [-0.25, -0.2) is 4.79 Å². The van der Waals surface area contributed by atoms with E-state index in [0.717, 1.165) is 19.3 Å². The fourth-order valence-corrected chi connectivity index (χ4v) is 3.43. The standard InChI is InChI=1S/C22H21N3O3/c26-21(25-13-5-2-6-14-25)20(16-7-3-1-4-8-16)28-22(27)17-9-10-18-19(15-17)24-12-11-23-18/h1,3-4,7-12,15,20H,2,5-6,13-14H2/t20-/m0/s1. The van der Waals surface area contributed by atoms with Crippen LogP contribution in [0, 0.1) is 0 Å². The molecule has 1 aliphatic heterocycles. The number of rotatable bonds is 4. The van der Waals surface area contributed by atoms with Crippen molar-refractivity contribution in [3.8, 4) is 0 Å². The number of fused-ring (bicyclic) bond motifs is 1. The summed E-state index contributed by atoms with van der Waals surface area (Å²) in [5, 5.41) is 0. The number of amides is 1. The Balaban J connectivity index is 1.60. The highest BCUT2D eigenvalue weighted by atomic mass is 16.5. The number of hydrogen-bond acceptors (Lipinski definition) is 5. The van der Waals surface area contributed by atoms with Crippen molar-refractivity contribution < 1.29 is 14.3 Å². The molecule has 142 valence electrons. The molecule has 1 aliphatic rings. The highest BCUT2D eigenvalue weighted by Crippen LogP contribution is 2.24. The van der Waals surface area contributed by atoms with Gasteiger partial charge in [-0.3, -0.25) is 14.8 Å². The maximum absolute atomic E-state index is 13.1. The lowest BCUT2D eigenvalue weighted by Gasteiger charge is -2.30. The second kappa shape index (κ2) is 8.17. The van der Waals surface area contributed by atoms with E-state index >= 15 is 0 Å². The molecular weight excluding hydrogens is 354 g/mol. The first-order valence-corrected chi connectivity index (χ1v) is 9.48. The number of likely N-dealkylation sites (tertiary alicyclic amines) is 1. The van der Waals surface area contributed by atoms with E-state index < -0.39 is 12.1 Å². The van der Waals surface area contributed by atoms with Crippen LogP contribution in [0.15, 0.2) is 60.9 Å². The summed E-state index contributed by atoms with van der Waals surface area (Å²) < 4.78 is 5.71. The Morgan fingerprint density at radius 1 is 0.893 bits per heavy atom. The van der Waals surface area contributed by atoms with Gasteiger partial charge < -0.3 is 9.64 Å². The van der Waals surface area contributed by atoms with Crippen LogP contribution in [0.4, 0.5) is 0 Å². The molecule has 1 fully saturated rings. The molecule has 0 bridgehead atoms. The fourth-order valence-electron chi connectivity index (χ4n) is 3.43. The van der Waals surface area contributed by atoms with Gasteiger partial charge in [-0.15, -0.1) is 0 Å². The molecule has 1 saturated heterocycles. The topological polar surface area (TPSA) is 72.4 Å². The molecule has 3 aromatic rings. The van der Waals surface area contributed by atoms with E-state index in [1.54, 1.807) is 35.5 Å². The molecule has 1 amide bonds. The monoisotopic (exact) mass is 375 g/mol. The van der Waals surface area contributed by atoms with E-state index in [1.165, 1.54) is 0 Å². The van der Waals surface area contributed by atoms with Crippen LogP contribution in [0.3, 0.4) is 0 Å². The third kappa shape index (κ3) is 3.86. The largest absolute Gasteiger partial charge is 0.444 e. The van der Waals surface area contributed by atoms with Gasteiger partial charge >= 0.3 is 5.97 Å². The first kappa shape index (κ1) is 18.1. The maximum atomic E-state index is 13.1. The lowest BCUT2D eigenvalue weighted by Crippen LogP contribution is -2.40. The number of carbonyl (C=O) groups excluding carboxylic acids is 2. The zero-order chi connectivity index (χ0) is 19.3. The summed E-state index contributed by atoms with van der Waals surface area (Å²) in [4.78, 5) is 36.1. The number of benzene rings is 2. The molecule has 6 nitrogen and oxygen atoms in total. The van der Waals surface area contributed by atoms with Crippen LogP contribution in [-0.2, 0) is 9.53 Å². The van der Waals surface area contributed by atoms with Gasteiger partial charge in [-0.1, -0.05) is 30.3 Å². The van der Waals surface area contributed by atoms with Crippen molar-refractivity contribution in [3.05, 3.63) is 72.1 Å². The number of carbonyl (C=O) groups is 2. The van der Waals surface area contributed by atoms with Crippen LogP contribution < -0.4 is 0 Å². The van der Waals surface area contributed by atoms with Crippen molar-refractivity contribution in [3.63, 3.8) is 0 Å². The second-order valence-corrected chi connectivity index (χ2v) is 6.84. The Labute approximate surface area is 163 Å². The molecule has 4 rings (SSSR count). The zero-order valence-corrected chi connectivity index (χ0v) is 15.5. The minimum Gasteiger partial charge on any atom is -0.444 e. The van der Waals surface area contributed by atoms with Gasteiger partial charge in [0.05, 0.1) is 16.6 Å². The Hall–Kier alpha value is -3.28. The molecule has 0 unspecified atom stereocenters. The summed E-state index contributed by atoms with van der Waals surface area (Å²) in [5.41, 5.74) is 2.33. The van der Waals surface area contributed by atoms with Crippen molar-refractivity contribution in [1.82, 2.24) is 14.9 Å². The molecule has 6 heteroatoms. The van der Waals surface area contributed by atoms with Crippen molar-refractivity contribution >= 4 is 22.9 Å². The molecule has 0 aliphatic carbocycles. The lowest BCUT2D eigenvalue weighted by atomic mass is 10.1. The number of nitrogens with zero attached hydrogens (tertiary/aromatic N) is 3. The Kier molecular flexibility index (Phi) is 5.28. The van der Waals surface area contributed by atoms with E-state index in [1.807, 2.05) is 30.3 Å². The van der Waals surface area contributed by atoms with Crippen LogP contribution in [0.5, 0.6) is 0 Å². The summed E-state index contributed by atoms with van der Waals surface area (Å²) in [5.74, 6) is -0.716. The summed E-state index contributed by atoms with van der Waals surface area (Å²) in [7, 11) is 0. The Bertz CT molecular complexity index is 984. The van der Waals surface area contributed by atoms with Gasteiger partial charge in [-0.2, -0.15) is 0 Å². The van der Waals surface area contributed by atoms with Crippen molar-refractivity contribution in [1.29, 1.82) is 0 Å². The lowest BCUT2D eigenvalue weighted by molar-refractivity contribution is -0.142. The minimum atomic E-state index is -0.954. The summed E-state index contributed by atoms with van der Waals surface area (Å²) >= 11 is 0. The van der Waals surface area contributed by atoms with Crippen molar-refractivity contribution in [2.24, 2.45) is 0 Å². The summed E-state index contributed by atoms with van der Waals surface area (Å²) in [6.07, 6.45) is 5.30. The third-order valence-electron chi connectivity index (χ3n) is 4.92. The normalized spacial score (nSPS) is 15.2. The van der Waals surface area contributed by atoms with Crippen molar-refractivity contribution in [2.75, 3.05) is 13.1 Å². The van der Waals surface area contributed by atoms with Crippen LogP contribution in [-0.4, -0.2) is 39.8 Å². The number of hydrogen-bond donors (Lipinski definition) is 0.